The Morgan fingerprint density at radius 1 is 1.00 bits per heavy atom. The monoisotopic (exact) mass is 335 g/mol. The SMILES string of the molecule is COC(=O)Nc1ccc(NC(=O)CCCNC(=O)C(C)(C)C)cc1. The number of rotatable bonds is 6. The first-order valence-electron chi connectivity index (χ1n) is 7.75. The van der Waals surface area contributed by atoms with Crippen LogP contribution < -0.4 is 16.0 Å². The van der Waals surface area contributed by atoms with Crippen LogP contribution in [0.3, 0.4) is 0 Å². The molecule has 0 aliphatic carbocycles. The van der Waals surface area contributed by atoms with Gasteiger partial charge in [-0.15, -0.1) is 0 Å². The molecule has 0 aliphatic rings. The molecule has 0 unspecified atom stereocenters. The van der Waals surface area contributed by atoms with Gasteiger partial charge in [0.25, 0.3) is 0 Å². The van der Waals surface area contributed by atoms with Crippen molar-refractivity contribution < 1.29 is 19.1 Å². The van der Waals surface area contributed by atoms with Crippen molar-refractivity contribution in [2.75, 3.05) is 24.3 Å². The van der Waals surface area contributed by atoms with E-state index < -0.39 is 11.5 Å². The molecule has 24 heavy (non-hydrogen) atoms. The van der Waals surface area contributed by atoms with Crippen molar-refractivity contribution in [3.8, 4) is 0 Å². The summed E-state index contributed by atoms with van der Waals surface area (Å²) >= 11 is 0. The molecule has 0 aromatic heterocycles. The maximum absolute atomic E-state index is 11.8. The van der Waals surface area contributed by atoms with Crippen LogP contribution in [0.5, 0.6) is 0 Å². The molecule has 0 aliphatic heterocycles. The third kappa shape index (κ3) is 7.13. The van der Waals surface area contributed by atoms with E-state index in [4.69, 9.17) is 0 Å². The van der Waals surface area contributed by atoms with E-state index in [2.05, 4.69) is 20.7 Å². The molecule has 0 heterocycles. The summed E-state index contributed by atoms with van der Waals surface area (Å²) in [5.74, 6) is -0.162. The summed E-state index contributed by atoms with van der Waals surface area (Å²) in [6.45, 7) is 5.99. The van der Waals surface area contributed by atoms with Crippen LogP contribution >= 0.6 is 0 Å². The van der Waals surface area contributed by atoms with E-state index in [0.717, 1.165) is 0 Å². The second-order valence-corrected chi connectivity index (χ2v) is 6.35. The lowest BCUT2D eigenvalue weighted by molar-refractivity contribution is -0.128. The van der Waals surface area contributed by atoms with Crippen molar-refractivity contribution in [1.82, 2.24) is 5.32 Å². The standard InChI is InChI=1S/C17H25N3O4/c1-17(2,3)15(22)18-11-5-6-14(21)19-12-7-9-13(10-8-12)20-16(23)24-4/h7-10H,5-6,11H2,1-4H3,(H,18,22)(H,19,21)(H,20,23). The predicted molar refractivity (Wildman–Crippen MR) is 92.8 cm³/mol. The number of hydrogen-bond acceptors (Lipinski definition) is 4. The minimum absolute atomic E-state index is 0.0309. The fraction of sp³-hybridized carbons (Fsp3) is 0.471. The van der Waals surface area contributed by atoms with E-state index in [-0.39, 0.29) is 11.8 Å². The van der Waals surface area contributed by atoms with Gasteiger partial charge in [0.05, 0.1) is 7.11 Å². The van der Waals surface area contributed by atoms with Crippen LogP contribution in [0.2, 0.25) is 0 Å². The van der Waals surface area contributed by atoms with Crippen LogP contribution in [-0.2, 0) is 14.3 Å². The Bertz CT molecular complexity index is 576. The summed E-state index contributed by atoms with van der Waals surface area (Å²) in [5, 5.41) is 8.08. The molecule has 3 N–H and O–H groups in total. The topological polar surface area (TPSA) is 96.5 Å². The zero-order chi connectivity index (χ0) is 18.2. The number of ether oxygens (including phenoxy) is 1. The molecular weight excluding hydrogens is 310 g/mol. The highest BCUT2D eigenvalue weighted by atomic mass is 16.5. The number of methoxy groups -OCH3 is 1. The van der Waals surface area contributed by atoms with Crippen LogP contribution in [0.4, 0.5) is 16.2 Å². The molecule has 7 nitrogen and oxygen atoms in total. The molecule has 1 rings (SSSR count). The number of carbonyl (C=O) groups is 3. The van der Waals surface area contributed by atoms with E-state index in [1.165, 1.54) is 7.11 Å². The Balaban J connectivity index is 2.32. The normalized spacial score (nSPS) is 10.7. The highest BCUT2D eigenvalue weighted by Crippen LogP contribution is 2.14. The van der Waals surface area contributed by atoms with E-state index in [9.17, 15) is 14.4 Å². The summed E-state index contributed by atoms with van der Waals surface area (Å²) in [7, 11) is 1.29. The molecule has 1 aromatic rings. The Kier molecular flexibility index (Phi) is 7.23. The number of amides is 3. The van der Waals surface area contributed by atoms with Crippen LogP contribution in [0, 0.1) is 5.41 Å². The fourth-order valence-electron chi connectivity index (χ4n) is 1.75. The molecule has 0 atom stereocenters. The second-order valence-electron chi connectivity index (χ2n) is 6.35. The lowest BCUT2D eigenvalue weighted by Gasteiger charge is -2.17. The zero-order valence-electron chi connectivity index (χ0n) is 14.6. The number of anilines is 2. The highest BCUT2D eigenvalue weighted by Gasteiger charge is 2.20. The molecule has 0 radical (unpaired) electrons. The quantitative estimate of drug-likeness (QED) is 0.696. The highest BCUT2D eigenvalue weighted by molar-refractivity contribution is 5.91. The van der Waals surface area contributed by atoms with Gasteiger partial charge < -0.3 is 15.4 Å². The average molecular weight is 335 g/mol. The molecule has 132 valence electrons. The lowest BCUT2D eigenvalue weighted by atomic mass is 9.96. The number of benzene rings is 1. The van der Waals surface area contributed by atoms with Crippen LogP contribution in [0.25, 0.3) is 0 Å². The summed E-state index contributed by atoms with van der Waals surface area (Å²) < 4.78 is 4.49. The number of hydrogen-bond donors (Lipinski definition) is 3. The van der Waals surface area contributed by atoms with Gasteiger partial charge in [-0.2, -0.15) is 0 Å². The van der Waals surface area contributed by atoms with Crippen molar-refractivity contribution in [2.24, 2.45) is 5.41 Å². The summed E-state index contributed by atoms with van der Waals surface area (Å²) in [5.41, 5.74) is 0.779. The van der Waals surface area contributed by atoms with Crippen molar-refractivity contribution in [3.63, 3.8) is 0 Å². The van der Waals surface area contributed by atoms with Gasteiger partial charge in [0.15, 0.2) is 0 Å². The van der Waals surface area contributed by atoms with Crippen molar-refractivity contribution >= 4 is 29.3 Å². The predicted octanol–water partition coefficient (Wildman–Crippen LogP) is 2.75. The van der Waals surface area contributed by atoms with Crippen LogP contribution in [0.15, 0.2) is 24.3 Å². The van der Waals surface area contributed by atoms with Crippen LogP contribution in [0.1, 0.15) is 33.6 Å². The minimum Gasteiger partial charge on any atom is -0.453 e. The molecule has 0 bridgehead atoms. The van der Waals surface area contributed by atoms with Crippen LogP contribution in [-0.4, -0.2) is 31.6 Å². The van der Waals surface area contributed by atoms with Gasteiger partial charge in [0, 0.05) is 29.8 Å². The molecule has 3 amide bonds. The van der Waals surface area contributed by atoms with E-state index in [1.54, 1.807) is 24.3 Å². The van der Waals surface area contributed by atoms with Gasteiger partial charge in [0.2, 0.25) is 11.8 Å². The van der Waals surface area contributed by atoms with Crippen molar-refractivity contribution in [2.45, 2.75) is 33.6 Å². The largest absolute Gasteiger partial charge is 0.453 e. The molecule has 7 heteroatoms. The first-order valence-corrected chi connectivity index (χ1v) is 7.75. The molecule has 1 aromatic carbocycles. The Morgan fingerprint density at radius 2 is 1.54 bits per heavy atom. The van der Waals surface area contributed by atoms with E-state index >= 15 is 0 Å². The molecule has 0 fully saturated rings. The molecule has 0 spiro atoms. The summed E-state index contributed by atoms with van der Waals surface area (Å²) in [6, 6.07) is 6.70. The second kappa shape index (κ2) is 8.90. The zero-order valence-corrected chi connectivity index (χ0v) is 14.6. The molecule has 0 saturated heterocycles. The Morgan fingerprint density at radius 3 is 2.04 bits per heavy atom. The van der Waals surface area contributed by atoms with E-state index in [0.29, 0.717) is 30.8 Å². The Labute approximate surface area is 142 Å². The van der Waals surface area contributed by atoms with Gasteiger partial charge in [-0.3, -0.25) is 14.9 Å². The minimum atomic E-state index is -0.552. The van der Waals surface area contributed by atoms with Gasteiger partial charge in [-0.05, 0) is 30.7 Å². The maximum atomic E-state index is 11.8. The third-order valence-electron chi connectivity index (χ3n) is 3.15. The van der Waals surface area contributed by atoms with Gasteiger partial charge >= 0.3 is 6.09 Å². The summed E-state index contributed by atoms with van der Waals surface area (Å²) in [4.78, 5) is 34.6. The third-order valence-corrected chi connectivity index (χ3v) is 3.15. The van der Waals surface area contributed by atoms with Gasteiger partial charge in [-0.25, -0.2) is 4.79 Å². The average Bonchev–Trinajstić information content (AvgIpc) is 2.52. The van der Waals surface area contributed by atoms with Gasteiger partial charge in [-0.1, -0.05) is 20.8 Å². The van der Waals surface area contributed by atoms with Gasteiger partial charge in [0.1, 0.15) is 0 Å². The Hall–Kier alpha value is -2.57. The molecular formula is C17H25N3O4. The first-order chi connectivity index (χ1) is 11.2. The smallest absolute Gasteiger partial charge is 0.411 e. The lowest BCUT2D eigenvalue weighted by Crippen LogP contribution is -2.35. The summed E-state index contributed by atoms with van der Waals surface area (Å²) in [6.07, 6.45) is 0.325. The molecule has 0 saturated carbocycles. The number of nitrogens with one attached hydrogen (secondary N) is 3. The first kappa shape index (κ1) is 19.5. The number of carbonyl (C=O) groups excluding carboxylic acids is 3. The fourth-order valence-corrected chi connectivity index (χ4v) is 1.75. The van der Waals surface area contributed by atoms with E-state index in [1.807, 2.05) is 20.8 Å². The van der Waals surface area contributed by atoms with Crippen molar-refractivity contribution in [1.29, 1.82) is 0 Å². The van der Waals surface area contributed by atoms with Crippen molar-refractivity contribution in [3.05, 3.63) is 24.3 Å². The maximum Gasteiger partial charge on any atom is 0.411 e.